The highest BCUT2D eigenvalue weighted by Gasteiger charge is 2.07. The number of hydrogen-bond donors (Lipinski definition) is 2. The summed E-state index contributed by atoms with van der Waals surface area (Å²) >= 11 is 0. The number of benzene rings is 2. The summed E-state index contributed by atoms with van der Waals surface area (Å²) in [5.41, 5.74) is 6.81. The van der Waals surface area contributed by atoms with Crippen LogP contribution >= 0.6 is 0 Å². The van der Waals surface area contributed by atoms with Crippen LogP contribution in [0.3, 0.4) is 0 Å². The summed E-state index contributed by atoms with van der Waals surface area (Å²) in [5.74, 6) is 0. The van der Waals surface area contributed by atoms with Crippen LogP contribution in [0.5, 0.6) is 0 Å². The van der Waals surface area contributed by atoms with Crippen LogP contribution < -0.4 is 10.6 Å². The van der Waals surface area contributed by atoms with Gasteiger partial charge in [0, 0.05) is 24.1 Å². The molecule has 134 valence electrons. The molecule has 0 saturated carbocycles. The highest BCUT2D eigenvalue weighted by molar-refractivity contribution is 5.89. The third-order valence-corrected chi connectivity index (χ3v) is 4.72. The van der Waals surface area contributed by atoms with Gasteiger partial charge < -0.3 is 15.2 Å². The molecule has 4 nitrogen and oxygen atoms in total. The van der Waals surface area contributed by atoms with Crippen molar-refractivity contribution in [1.82, 2.24) is 9.88 Å². The van der Waals surface area contributed by atoms with Crippen molar-refractivity contribution in [3.63, 3.8) is 0 Å². The summed E-state index contributed by atoms with van der Waals surface area (Å²) in [7, 11) is 0. The molecule has 0 atom stereocenters. The monoisotopic (exact) mass is 347 g/mol. The Morgan fingerprint density at radius 2 is 1.73 bits per heavy atom. The number of aromatic nitrogens is 1. The zero-order valence-corrected chi connectivity index (χ0v) is 15.5. The Kier molecular flexibility index (Phi) is 5.42. The first kappa shape index (κ1) is 17.8. The molecule has 0 spiro atoms. The molecular formula is C22H25N3O. The Bertz CT molecular complexity index is 911. The molecule has 2 aromatic carbocycles. The van der Waals surface area contributed by atoms with Crippen molar-refractivity contribution in [2.45, 2.75) is 33.9 Å². The van der Waals surface area contributed by atoms with E-state index in [2.05, 4.69) is 47.2 Å². The number of anilines is 1. The maximum absolute atomic E-state index is 12.2. The van der Waals surface area contributed by atoms with E-state index >= 15 is 0 Å². The minimum Gasteiger partial charge on any atom is -0.345 e. The van der Waals surface area contributed by atoms with Crippen LogP contribution in [0.25, 0.3) is 0 Å². The minimum atomic E-state index is -0.197. The van der Waals surface area contributed by atoms with Crippen molar-refractivity contribution in [1.29, 1.82) is 0 Å². The van der Waals surface area contributed by atoms with Gasteiger partial charge in [-0.3, -0.25) is 0 Å². The second-order valence-corrected chi connectivity index (χ2v) is 6.66. The molecular weight excluding hydrogens is 322 g/mol. The van der Waals surface area contributed by atoms with E-state index < -0.39 is 0 Å². The molecule has 26 heavy (non-hydrogen) atoms. The maximum Gasteiger partial charge on any atom is 0.319 e. The predicted molar refractivity (Wildman–Crippen MR) is 106 cm³/mol. The Morgan fingerprint density at radius 1 is 0.923 bits per heavy atom. The van der Waals surface area contributed by atoms with E-state index in [4.69, 9.17) is 0 Å². The van der Waals surface area contributed by atoms with Crippen LogP contribution in [0.15, 0.2) is 60.8 Å². The standard InChI is InChI=1S/C22H25N3O/c1-16-10-11-20(13-18(16)3)24-22(26)23-14-21-9-6-12-25(21)15-19-8-5-4-7-17(19)2/h4-13H,14-15H2,1-3H3,(H2,23,24,26). The van der Waals surface area contributed by atoms with Crippen molar-refractivity contribution in [2.75, 3.05) is 5.32 Å². The SMILES string of the molecule is Cc1ccc(NC(=O)NCc2cccn2Cc2ccccc2C)cc1C. The lowest BCUT2D eigenvalue weighted by molar-refractivity contribution is 0.251. The molecule has 2 N–H and O–H groups in total. The number of rotatable bonds is 5. The first-order valence-corrected chi connectivity index (χ1v) is 8.83. The van der Waals surface area contributed by atoms with Gasteiger partial charge in [0.25, 0.3) is 0 Å². The number of nitrogens with one attached hydrogen (secondary N) is 2. The lowest BCUT2D eigenvalue weighted by atomic mass is 10.1. The lowest BCUT2D eigenvalue weighted by Crippen LogP contribution is -2.29. The summed E-state index contributed by atoms with van der Waals surface area (Å²) in [6, 6.07) is 18.1. The van der Waals surface area contributed by atoms with E-state index in [-0.39, 0.29) is 6.03 Å². The van der Waals surface area contributed by atoms with Gasteiger partial charge in [-0.15, -0.1) is 0 Å². The van der Waals surface area contributed by atoms with Gasteiger partial charge in [-0.05, 0) is 67.3 Å². The summed E-state index contributed by atoms with van der Waals surface area (Å²) in [5, 5.41) is 5.83. The van der Waals surface area contributed by atoms with Crippen LogP contribution in [-0.2, 0) is 13.1 Å². The molecule has 0 fully saturated rings. The van der Waals surface area contributed by atoms with Crippen LogP contribution in [-0.4, -0.2) is 10.6 Å². The number of carbonyl (C=O) groups excluding carboxylic acids is 1. The lowest BCUT2D eigenvalue weighted by Gasteiger charge is -2.13. The fourth-order valence-corrected chi connectivity index (χ4v) is 2.90. The Balaban J connectivity index is 1.60. The molecule has 0 saturated heterocycles. The van der Waals surface area contributed by atoms with Gasteiger partial charge in [0.15, 0.2) is 0 Å². The molecule has 1 aromatic heterocycles. The van der Waals surface area contributed by atoms with E-state index in [1.54, 1.807) is 0 Å². The number of hydrogen-bond acceptors (Lipinski definition) is 1. The van der Waals surface area contributed by atoms with Crippen molar-refractivity contribution >= 4 is 11.7 Å². The van der Waals surface area contributed by atoms with E-state index in [0.29, 0.717) is 6.54 Å². The highest BCUT2D eigenvalue weighted by Crippen LogP contribution is 2.14. The molecule has 3 rings (SSSR count). The van der Waals surface area contributed by atoms with Crippen LogP contribution in [0, 0.1) is 20.8 Å². The molecule has 0 unspecified atom stereocenters. The van der Waals surface area contributed by atoms with E-state index in [0.717, 1.165) is 23.5 Å². The topological polar surface area (TPSA) is 46.1 Å². The molecule has 2 amide bonds. The van der Waals surface area contributed by atoms with E-state index in [1.165, 1.54) is 16.7 Å². The second-order valence-electron chi connectivity index (χ2n) is 6.66. The van der Waals surface area contributed by atoms with Crippen molar-refractivity contribution in [2.24, 2.45) is 0 Å². The smallest absolute Gasteiger partial charge is 0.319 e. The van der Waals surface area contributed by atoms with Gasteiger partial charge in [-0.2, -0.15) is 0 Å². The first-order chi connectivity index (χ1) is 12.5. The third kappa shape index (κ3) is 4.33. The van der Waals surface area contributed by atoms with Crippen LogP contribution in [0.1, 0.15) is 27.9 Å². The van der Waals surface area contributed by atoms with Gasteiger partial charge in [-0.1, -0.05) is 30.3 Å². The minimum absolute atomic E-state index is 0.197. The fraction of sp³-hybridized carbons (Fsp3) is 0.227. The summed E-state index contributed by atoms with van der Waals surface area (Å²) < 4.78 is 2.17. The number of nitrogens with zero attached hydrogens (tertiary/aromatic N) is 1. The largest absolute Gasteiger partial charge is 0.345 e. The quantitative estimate of drug-likeness (QED) is 0.685. The van der Waals surface area contributed by atoms with Crippen LogP contribution in [0.4, 0.5) is 10.5 Å². The molecule has 0 aliphatic rings. The van der Waals surface area contributed by atoms with E-state index in [9.17, 15) is 4.79 Å². The number of amides is 2. The first-order valence-electron chi connectivity index (χ1n) is 8.83. The normalized spacial score (nSPS) is 10.6. The highest BCUT2D eigenvalue weighted by atomic mass is 16.2. The number of carbonyl (C=O) groups is 1. The average molecular weight is 347 g/mol. The molecule has 3 aromatic rings. The zero-order chi connectivity index (χ0) is 18.5. The van der Waals surface area contributed by atoms with Gasteiger partial charge in [0.05, 0.1) is 6.54 Å². The summed E-state index contributed by atoms with van der Waals surface area (Å²) in [6.45, 7) is 7.50. The molecule has 4 heteroatoms. The Labute approximate surface area is 154 Å². The fourth-order valence-electron chi connectivity index (χ4n) is 2.90. The predicted octanol–water partition coefficient (Wildman–Crippen LogP) is 4.78. The van der Waals surface area contributed by atoms with Gasteiger partial charge in [0.1, 0.15) is 0 Å². The summed E-state index contributed by atoms with van der Waals surface area (Å²) in [6.07, 6.45) is 2.05. The second kappa shape index (κ2) is 7.91. The van der Waals surface area contributed by atoms with Crippen LogP contribution in [0.2, 0.25) is 0 Å². The zero-order valence-electron chi connectivity index (χ0n) is 15.5. The number of urea groups is 1. The number of aryl methyl sites for hydroxylation is 3. The van der Waals surface area contributed by atoms with Gasteiger partial charge >= 0.3 is 6.03 Å². The van der Waals surface area contributed by atoms with Crippen molar-refractivity contribution in [3.8, 4) is 0 Å². The Hall–Kier alpha value is -3.01. The summed E-state index contributed by atoms with van der Waals surface area (Å²) in [4.78, 5) is 12.2. The van der Waals surface area contributed by atoms with Gasteiger partial charge in [0.2, 0.25) is 0 Å². The van der Waals surface area contributed by atoms with E-state index in [1.807, 2.05) is 49.5 Å². The molecule has 0 aliphatic heterocycles. The van der Waals surface area contributed by atoms with Crippen molar-refractivity contribution < 1.29 is 4.79 Å². The third-order valence-electron chi connectivity index (χ3n) is 4.72. The molecule has 0 bridgehead atoms. The van der Waals surface area contributed by atoms with Gasteiger partial charge in [-0.25, -0.2) is 4.79 Å². The molecule has 1 heterocycles. The molecule has 0 aliphatic carbocycles. The Morgan fingerprint density at radius 3 is 2.50 bits per heavy atom. The maximum atomic E-state index is 12.2. The average Bonchev–Trinajstić information content (AvgIpc) is 3.05. The van der Waals surface area contributed by atoms with Crippen molar-refractivity contribution in [3.05, 3.63) is 88.7 Å². The molecule has 0 radical (unpaired) electrons.